The van der Waals surface area contributed by atoms with E-state index in [-0.39, 0.29) is 29.6 Å². The molecule has 1 aliphatic carbocycles. The third-order valence-corrected chi connectivity index (χ3v) is 5.46. The lowest BCUT2D eigenvalue weighted by Crippen LogP contribution is -2.51. The molecule has 8 heteroatoms. The molecule has 1 heterocycles. The van der Waals surface area contributed by atoms with Crippen LogP contribution < -0.4 is 11.1 Å². The van der Waals surface area contributed by atoms with Crippen molar-refractivity contribution in [1.29, 1.82) is 0 Å². The Morgan fingerprint density at radius 1 is 1.36 bits per heavy atom. The summed E-state index contributed by atoms with van der Waals surface area (Å²) in [5.41, 5.74) is 6.11. The number of carbonyl (C=O) groups is 2. The van der Waals surface area contributed by atoms with Crippen molar-refractivity contribution in [2.24, 2.45) is 11.7 Å². The second kappa shape index (κ2) is 8.01. The number of hydrogen-bond acceptors (Lipinski definition) is 6. The molecule has 2 unspecified atom stereocenters. The van der Waals surface area contributed by atoms with Crippen molar-refractivity contribution in [3.63, 3.8) is 0 Å². The SMILES string of the molecule is COC(=O)c1sc(NC(=O)C2CCCCC2(C)N)nc1C(C)(C)C.Cl. The van der Waals surface area contributed by atoms with E-state index in [1.54, 1.807) is 0 Å². The predicted octanol–water partition coefficient (Wildman–Crippen LogP) is 3.50. The number of ether oxygens (including phenoxy) is 1. The molecule has 0 radical (unpaired) electrons. The second-order valence-corrected chi connectivity index (χ2v) is 8.73. The molecular weight excluding hydrogens is 362 g/mol. The second-order valence-electron chi connectivity index (χ2n) is 7.73. The Morgan fingerprint density at radius 3 is 2.52 bits per heavy atom. The Bertz CT molecular complexity index is 638. The lowest BCUT2D eigenvalue weighted by Gasteiger charge is -2.36. The Hall–Kier alpha value is -1.18. The van der Waals surface area contributed by atoms with Gasteiger partial charge in [0.05, 0.1) is 18.7 Å². The van der Waals surface area contributed by atoms with Gasteiger partial charge in [0.25, 0.3) is 0 Å². The number of thiazole rings is 1. The van der Waals surface area contributed by atoms with Crippen molar-refractivity contribution in [3.8, 4) is 0 Å². The highest BCUT2D eigenvalue weighted by atomic mass is 35.5. The number of amides is 1. The van der Waals surface area contributed by atoms with E-state index in [2.05, 4.69) is 10.3 Å². The molecule has 1 saturated carbocycles. The molecule has 1 fully saturated rings. The summed E-state index contributed by atoms with van der Waals surface area (Å²) in [5.74, 6) is -0.792. The molecular formula is C17H28ClN3O3S. The standard InChI is InChI=1S/C17H27N3O3S.ClH/c1-16(2,3)12-11(14(22)23-5)24-15(19-12)20-13(21)10-8-6-7-9-17(10,4)18;/h10H,6-9,18H2,1-5H3,(H,19,20,21);1H. The lowest BCUT2D eigenvalue weighted by atomic mass is 9.74. The van der Waals surface area contributed by atoms with Crippen LogP contribution in [0.2, 0.25) is 0 Å². The van der Waals surface area contributed by atoms with E-state index in [1.807, 2.05) is 27.7 Å². The van der Waals surface area contributed by atoms with Gasteiger partial charge in [0.1, 0.15) is 4.88 Å². The number of hydrogen-bond donors (Lipinski definition) is 2. The van der Waals surface area contributed by atoms with Crippen molar-refractivity contribution in [1.82, 2.24) is 4.98 Å². The molecule has 0 aliphatic heterocycles. The largest absolute Gasteiger partial charge is 0.465 e. The summed E-state index contributed by atoms with van der Waals surface area (Å²) >= 11 is 1.15. The fourth-order valence-electron chi connectivity index (χ4n) is 3.09. The highest BCUT2D eigenvalue weighted by Gasteiger charge is 2.38. The van der Waals surface area contributed by atoms with Gasteiger partial charge in [-0.2, -0.15) is 0 Å². The number of halogens is 1. The number of nitrogens with one attached hydrogen (secondary N) is 1. The normalized spacial score (nSPS) is 23.5. The number of esters is 1. The predicted molar refractivity (Wildman–Crippen MR) is 103 cm³/mol. The Kier molecular flexibility index (Phi) is 7.01. The van der Waals surface area contributed by atoms with Crippen LogP contribution in [-0.2, 0) is 14.9 Å². The first kappa shape index (κ1) is 21.9. The fourth-order valence-corrected chi connectivity index (χ4v) is 4.19. The van der Waals surface area contributed by atoms with Gasteiger partial charge in [-0.3, -0.25) is 4.79 Å². The third kappa shape index (κ3) is 4.92. The van der Waals surface area contributed by atoms with Crippen LogP contribution in [0, 0.1) is 5.92 Å². The quantitative estimate of drug-likeness (QED) is 0.771. The first-order chi connectivity index (χ1) is 11.1. The molecule has 1 aromatic heterocycles. The van der Waals surface area contributed by atoms with Crippen LogP contribution in [0.4, 0.5) is 5.13 Å². The molecule has 0 saturated heterocycles. The molecule has 1 aromatic rings. The highest BCUT2D eigenvalue weighted by Crippen LogP contribution is 2.35. The van der Waals surface area contributed by atoms with Crippen molar-refractivity contribution < 1.29 is 14.3 Å². The molecule has 0 aromatic carbocycles. The molecule has 6 nitrogen and oxygen atoms in total. The van der Waals surface area contributed by atoms with E-state index in [1.165, 1.54) is 7.11 Å². The maximum absolute atomic E-state index is 12.7. The van der Waals surface area contributed by atoms with Gasteiger partial charge < -0.3 is 15.8 Å². The molecule has 142 valence electrons. The summed E-state index contributed by atoms with van der Waals surface area (Å²) in [6, 6.07) is 0. The number of rotatable bonds is 3. The summed E-state index contributed by atoms with van der Waals surface area (Å²) in [5, 5.41) is 3.28. The highest BCUT2D eigenvalue weighted by molar-refractivity contribution is 7.17. The average Bonchev–Trinajstić information content (AvgIpc) is 2.89. The van der Waals surface area contributed by atoms with Gasteiger partial charge in [-0.25, -0.2) is 9.78 Å². The number of nitrogens with two attached hydrogens (primary N) is 1. The monoisotopic (exact) mass is 389 g/mol. The minimum absolute atomic E-state index is 0. The fraction of sp³-hybridized carbons (Fsp3) is 0.706. The van der Waals surface area contributed by atoms with Gasteiger partial charge in [0, 0.05) is 11.0 Å². The van der Waals surface area contributed by atoms with Crippen molar-refractivity contribution in [2.45, 2.75) is 64.3 Å². The van der Waals surface area contributed by atoms with Crippen LogP contribution in [0.15, 0.2) is 0 Å². The number of aromatic nitrogens is 1. The molecule has 0 spiro atoms. The zero-order valence-electron chi connectivity index (χ0n) is 15.5. The summed E-state index contributed by atoms with van der Waals surface area (Å²) in [6.45, 7) is 7.84. The number of carbonyl (C=O) groups excluding carboxylic acids is 2. The topological polar surface area (TPSA) is 94.3 Å². The number of methoxy groups -OCH3 is 1. The lowest BCUT2D eigenvalue weighted by molar-refractivity contribution is -0.122. The van der Waals surface area contributed by atoms with Gasteiger partial charge in [-0.1, -0.05) is 44.9 Å². The zero-order valence-corrected chi connectivity index (χ0v) is 17.1. The van der Waals surface area contributed by atoms with E-state index in [4.69, 9.17) is 10.5 Å². The first-order valence-electron chi connectivity index (χ1n) is 8.25. The van der Waals surface area contributed by atoms with Crippen LogP contribution in [0.5, 0.6) is 0 Å². The van der Waals surface area contributed by atoms with Crippen LogP contribution in [0.25, 0.3) is 0 Å². The van der Waals surface area contributed by atoms with Gasteiger partial charge in [0.15, 0.2) is 5.13 Å². The van der Waals surface area contributed by atoms with Gasteiger partial charge in [-0.15, -0.1) is 12.4 Å². The average molecular weight is 390 g/mol. The number of nitrogens with zero attached hydrogens (tertiary/aromatic N) is 1. The van der Waals surface area contributed by atoms with E-state index in [9.17, 15) is 9.59 Å². The minimum Gasteiger partial charge on any atom is -0.465 e. The maximum atomic E-state index is 12.7. The molecule has 2 rings (SSSR count). The maximum Gasteiger partial charge on any atom is 0.350 e. The smallest absolute Gasteiger partial charge is 0.350 e. The van der Waals surface area contributed by atoms with Crippen LogP contribution in [0.3, 0.4) is 0 Å². The van der Waals surface area contributed by atoms with E-state index in [0.29, 0.717) is 15.7 Å². The van der Waals surface area contributed by atoms with Gasteiger partial charge in [0.2, 0.25) is 5.91 Å². The third-order valence-electron chi connectivity index (χ3n) is 4.51. The molecule has 2 atom stereocenters. The summed E-state index contributed by atoms with van der Waals surface area (Å²) < 4.78 is 4.84. The molecule has 25 heavy (non-hydrogen) atoms. The van der Waals surface area contributed by atoms with Crippen LogP contribution in [-0.4, -0.2) is 29.5 Å². The molecule has 1 amide bonds. The zero-order chi connectivity index (χ0) is 18.1. The first-order valence-corrected chi connectivity index (χ1v) is 9.07. The molecule has 1 aliphatic rings. The van der Waals surface area contributed by atoms with Crippen molar-refractivity contribution in [3.05, 3.63) is 10.6 Å². The Labute approximate surface area is 159 Å². The molecule has 0 bridgehead atoms. The Morgan fingerprint density at radius 2 is 2.00 bits per heavy atom. The van der Waals surface area contributed by atoms with Crippen LogP contribution >= 0.6 is 23.7 Å². The summed E-state index contributed by atoms with van der Waals surface area (Å²) in [7, 11) is 1.34. The number of anilines is 1. The summed E-state index contributed by atoms with van der Waals surface area (Å²) in [6.07, 6.45) is 3.67. The van der Waals surface area contributed by atoms with Gasteiger partial charge in [-0.05, 0) is 19.8 Å². The Balaban J connectivity index is 0.00000312. The van der Waals surface area contributed by atoms with E-state index in [0.717, 1.165) is 37.0 Å². The van der Waals surface area contributed by atoms with E-state index < -0.39 is 11.5 Å². The van der Waals surface area contributed by atoms with Gasteiger partial charge >= 0.3 is 5.97 Å². The van der Waals surface area contributed by atoms with Crippen molar-refractivity contribution >= 4 is 40.8 Å². The van der Waals surface area contributed by atoms with E-state index >= 15 is 0 Å². The minimum atomic E-state index is -0.502. The summed E-state index contributed by atoms with van der Waals surface area (Å²) in [4.78, 5) is 29.6. The van der Waals surface area contributed by atoms with Crippen molar-refractivity contribution in [2.75, 3.05) is 12.4 Å². The molecule has 3 N–H and O–H groups in total. The van der Waals surface area contributed by atoms with Crippen LogP contribution in [0.1, 0.15) is 68.7 Å².